The Bertz CT molecular complexity index is 422. The molecule has 0 amide bonds. The first-order valence-electron chi connectivity index (χ1n) is 6.91. The van der Waals surface area contributed by atoms with E-state index in [1.165, 1.54) is 19.4 Å². The zero-order valence-corrected chi connectivity index (χ0v) is 12.1. The Morgan fingerprint density at radius 3 is 3.05 bits per heavy atom. The van der Waals surface area contributed by atoms with E-state index < -0.39 is 0 Å². The maximum absolute atomic E-state index is 5.37. The highest BCUT2D eigenvalue weighted by Crippen LogP contribution is 2.21. The lowest BCUT2D eigenvalue weighted by molar-refractivity contribution is 0.270. The molecule has 1 aromatic heterocycles. The number of hydrogen-bond acceptors (Lipinski definition) is 6. The molecule has 6 nitrogen and oxygen atoms in total. The van der Waals surface area contributed by atoms with Crippen LogP contribution >= 0.6 is 0 Å². The van der Waals surface area contributed by atoms with Crippen LogP contribution in [-0.2, 0) is 0 Å². The minimum Gasteiger partial charge on any atom is -0.358 e. The van der Waals surface area contributed by atoms with Crippen LogP contribution in [0.5, 0.6) is 0 Å². The molecule has 0 radical (unpaired) electrons. The normalized spacial score (nSPS) is 19.7. The Labute approximate surface area is 115 Å². The largest absolute Gasteiger partial charge is 0.358 e. The van der Waals surface area contributed by atoms with E-state index in [0.717, 1.165) is 24.5 Å². The summed E-state index contributed by atoms with van der Waals surface area (Å²) < 4.78 is 0. The molecule has 3 N–H and O–H groups in total. The molecule has 1 atom stereocenters. The standard InChI is InChI=1S/C13H24N6/c1-4-19-7-5-6-11(19)9-18(3)12-10(2)8-15-13(16-12)17-14/h8,11H,4-7,9,14H2,1-3H3,(H,15,16,17). The second-order valence-electron chi connectivity index (χ2n) is 5.15. The van der Waals surface area contributed by atoms with Crippen molar-refractivity contribution < 1.29 is 0 Å². The predicted octanol–water partition coefficient (Wildman–Crippen LogP) is 0.991. The van der Waals surface area contributed by atoms with E-state index >= 15 is 0 Å². The Morgan fingerprint density at radius 2 is 2.37 bits per heavy atom. The molecule has 6 heteroatoms. The molecular formula is C13H24N6. The molecule has 0 aliphatic carbocycles. The molecular weight excluding hydrogens is 240 g/mol. The third-order valence-corrected chi connectivity index (χ3v) is 3.83. The summed E-state index contributed by atoms with van der Waals surface area (Å²) in [5.41, 5.74) is 3.58. The van der Waals surface area contributed by atoms with Crippen molar-refractivity contribution in [3.05, 3.63) is 11.8 Å². The lowest BCUT2D eigenvalue weighted by Crippen LogP contribution is -2.39. The molecule has 0 saturated carbocycles. The van der Waals surface area contributed by atoms with E-state index in [0.29, 0.717) is 12.0 Å². The minimum atomic E-state index is 0.464. The van der Waals surface area contributed by atoms with E-state index in [9.17, 15) is 0 Å². The third-order valence-electron chi connectivity index (χ3n) is 3.83. The summed E-state index contributed by atoms with van der Waals surface area (Å²) in [4.78, 5) is 13.3. The molecule has 1 saturated heterocycles. The van der Waals surface area contributed by atoms with Crippen LogP contribution in [0, 0.1) is 6.92 Å². The van der Waals surface area contributed by atoms with Crippen LogP contribution in [0.3, 0.4) is 0 Å². The first kappa shape index (κ1) is 14.0. The molecule has 0 spiro atoms. The quantitative estimate of drug-likeness (QED) is 0.610. The van der Waals surface area contributed by atoms with Crippen molar-refractivity contribution >= 4 is 11.8 Å². The molecule has 1 unspecified atom stereocenters. The van der Waals surface area contributed by atoms with Gasteiger partial charge in [-0.05, 0) is 32.9 Å². The van der Waals surface area contributed by atoms with Gasteiger partial charge in [-0.3, -0.25) is 10.3 Å². The van der Waals surface area contributed by atoms with Gasteiger partial charge in [0.25, 0.3) is 0 Å². The zero-order chi connectivity index (χ0) is 13.8. The Hall–Kier alpha value is -1.40. The average Bonchev–Trinajstić information content (AvgIpc) is 2.86. The van der Waals surface area contributed by atoms with Crippen LogP contribution in [0.4, 0.5) is 11.8 Å². The lowest BCUT2D eigenvalue weighted by atomic mass is 10.2. The molecule has 0 aromatic carbocycles. The summed E-state index contributed by atoms with van der Waals surface area (Å²) in [7, 11) is 2.09. The van der Waals surface area contributed by atoms with E-state index in [2.05, 4.69) is 39.2 Å². The number of aromatic nitrogens is 2. The number of nitrogen functional groups attached to an aromatic ring is 1. The highest BCUT2D eigenvalue weighted by molar-refractivity contribution is 5.48. The molecule has 0 bridgehead atoms. The number of nitrogens with zero attached hydrogens (tertiary/aromatic N) is 4. The van der Waals surface area contributed by atoms with Crippen molar-refractivity contribution in [1.82, 2.24) is 14.9 Å². The molecule has 106 valence electrons. The smallest absolute Gasteiger partial charge is 0.239 e. The fourth-order valence-corrected chi connectivity index (χ4v) is 2.81. The Balaban J connectivity index is 2.08. The third kappa shape index (κ3) is 3.13. The van der Waals surface area contributed by atoms with Crippen molar-refractivity contribution in [3.8, 4) is 0 Å². The van der Waals surface area contributed by atoms with E-state index in [4.69, 9.17) is 5.84 Å². The highest BCUT2D eigenvalue weighted by atomic mass is 15.3. The van der Waals surface area contributed by atoms with Crippen LogP contribution < -0.4 is 16.2 Å². The number of aryl methyl sites for hydroxylation is 1. The van der Waals surface area contributed by atoms with Gasteiger partial charge in [-0.1, -0.05) is 6.92 Å². The number of rotatable bonds is 5. The minimum absolute atomic E-state index is 0.464. The summed E-state index contributed by atoms with van der Waals surface area (Å²) in [5.74, 6) is 6.79. The van der Waals surface area contributed by atoms with Crippen LogP contribution in [0.25, 0.3) is 0 Å². The number of anilines is 2. The molecule has 1 aliphatic heterocycles. The number of likely N-dealkylation sites (N-methyl/N-ethyl adjacent to an activating group) is 2. The van der Waals surface area contributed by atoms with Gasteiger partial charge in [0.2, 0.25) is 5.95 Å². The fourth-order valence-electron chi connectivity index (χ4n) is 2.81. The van der Waals surface area contributed by atoms with Crippen LogP contribution in [0.1, 0.15) is 25.3 Å². The number of nitrogens with one attached hydrogen (secondary N) is 1. The van der Waals surface area contributed by atoms with Gasteiger partial charge >= 0.3 is 0 Å². The first-order chi connectivity index (χ1) is 9.15. The lowest BCUT2D eigenvalue weighted by Gasteiger charge is -2.29. The number of hydrazine groups is 1. The van der Waals surface area contributed by atoms with Gasteiger partial charge in [-0.15, -0.1) is 0 Å². The van der Waals surface area contributed by atoms with E-state index in [1.54, 1.807) is 6.20 Å². The highest BCUT2D eigenvalue weighted by Gasteiger charge is 2.24. The summed E-state index contributed by atoms with van der Waals surface area (Å²) >= 11 is 0. The Kier molecular flexibility index (Phi) is 4.55. The SMILES string of the molecule is CCN1CCCC1CN(C)c1nc(NN)ncc1C. The maximum Gasteiger partial charge on any atom is 0.239 e. The van der Waals surface area contributed by atoms with Gasteiger partial charge in [0.15, 0.2) is 0 Å². The number of likely N-dealkylation sites (tertiary alicyclic amines) is 1. The van der Waals surface area contributed by atoms with Gasteiger partial charge in [0.05, 0.1) is 0 Å². The maximum atomic E-state index is 5.37. The monoisotopic (exact) mass is 264 g/mol. The number of nitrogens with two attached hydrogens (primary N) is 1. The zero-order valence-electron chi connectivity index (χ0n) is 12.1. The second-order valence-corrected chi connectivity index (χ2v) is 5.15. The van der Waals surface area contributed by atoms with Gasteiger partial charge in [-0.25, -0.2) is 10.8 Å². The number of hydrogen-bond donors (Lipinski definition) is 2. The van der Waals surface area contributed by atoms with Crippen molar-refractivity contribution in [3.63, 3.8) is 0 Å². The van der Waals surface area contributed by atoms with Gasteiger partial charge < -0.3 is 4.90 Å². The summed E-state index contributed by atoms with van der Waals surface area (Å²) in [5, 5.41) is 0. The van der Waals surface area contributed by atoms with Crippen molar-refractivity contribution in [2.45, 2.75) is 32.7 Å². The van der Waals surface area contributed by atoms with Crippen LogP contribution in [0.15, 0.2) is 6.20 Å². The van der Waals surface area contributed by atoms with Crippen molar-refractivity contribution in [2.75, 3.05) is 37.0 Å². The average molecular weight is 264 g/mol. The Morgan fingerprint density at radius 1 is 1.58 bits per heavy atom. The molecule has 19 heavy (non-hydrogen) atoms. The topological polar surface area (TPSA) is 70.3 Å². The van der Waals surface area contributed by atoms with Gasteiger partial charge in [0, 0.05) is 31.4 Å². The van der Waals surface area contributed by atoms with E-state index in [-0.39, 0.29) is 0 Å². The molecule has 2 rings (SSSR count). The van der Waals surface area contributed by atoms with Gasteiger partial charge in [0.1, 0.15) is 5.82 Å². The van der Waals surface area contributed by atoms with Gasteiger partial charge in [-0.2, -0.15) is 4.98 Å². The van der Waals surface area contributed by atoms with Crippen molar-refractivity contribution in [2.24, 2.45) is 5.84 Å². The summed E-state index contributed by atoms with van der Waals surface area (Å²) in [6, 6.07) is 0.624. The van der Waals surface area contributed by atoms with Crippen LogP contribution in [0.2, 0.25) is 0 Å². The second kappa shape index (κ2) is 6.16. The predicted molar refractivity (Wildman–Crippen MR) is 78.1 cm³/mol. The molecule has 1 fully saturated rings. The van der Waals surface area contributed by atoms with Crippen molar-refractivity contribution in [1.29, 1.82) is 0 Å². The van der Waals surface area contributed by atoms with Crippen LogP contribution in [-0.4, -0.2) is 47.6 Å². The fraction of sp³-hybridized carbons (Fsp3) is 0.692. The van der Waals surface area contributed by atoms with E-state index in [1.807, 2.05) is 6.92 Å². The summed E-state index contributed by atoms with van der Waals surface area (Å²) in [6.07, 6.45) is 4.37. The molecule has 1 aromatic rings. The molecule has 2 heterocycles. The summed E-state index contributed by atoms with van der Waals surface area (Å²) in [6.45, 7) is 7.59. The first-order valence-corrected chi connectivity index (χ1v) is 6.91. The molecule has 1 aliphatic rings.